The molecule has 1 N–H and O–H groups in total. The second kappa shape index (κ2) is 9.28. The highest BCUT2D eigenvalue weighted by atomic mass is 28.4. The van der Waals surface area contributed by atoms with Gasteiger partial charge in [0.1, 0.15) is 17.9 Å². The average molecular weight is 558 g/mol. The number of ketones is 2. The number of nitrogens with zero attached hydrogens (tertiary/aromatic N) is 1. The lowest BCUT2D eigenvalue weighted by Crippen LogP contribution is -2.63. The second-order valence-corrected chi connectivity index (χ2v) is 17.5. The highest BCUT2D eigenvalue weighted by Crippen LogP contribution is 2.55. The molecule has 0 bridgehead atoms. The first-order valence-electron chi connectivity index (χ1n) is 13.9. The Morgan fingerprint density at radius 1 is 1.05 bits per heavy atom. The van der Waals surface area contributed by atoms with E-state index in [1.165, 1.54) is 0 Å². The van der Waals surface area contributed by atoms with Crippen LogP contribution in [0.3, 0.4) is 0 Å². The Balaban J connectivity index is 1.49. The van der Waals surface area contributed by atoms with Crippen LogP contribution in [0.4, 0.5) is 0 Å². The first-order valence-corrected chi connectivity index (χ1v) is 16.8. The normalized spacial score (nSPS) is 24.2. The van der Waals surface area contributed by atoms with Crippen LogP contribution < -0.4 is 4.74 Å². The number of carbonyl (C=O) groups excluding carboxylic acids is 2. The lowest BCUT2D eigenvalue weighted by molar-refractivity contribution is -0.0175. The van der Waals surface area contributed by atoms with Crippen LogP contribution in [0.1, 0.15) is 64.8 Å². The molecule has 0 radical (unpaired) electrons. The minimum Gasteiger partial charge on any atom is -0.508 e. The predicted molar refractivity (Wildman–Crippen MR) is 152 cm³/mol. The minimum atomic E-state index is -2.65. The van der Waals surface area contributed by atoms with Crippen molar-refractivity contribution in [1.82, 2.24) is 5.16 Å². The number of aliphatic hydroxyl groups is 1. The number of ether oxygens (including phenoxy) is 1. The summed E-state index contributed by atoms with van der Waals surface area (Å²) in [6, 6.07) is 17.1. The lowest BCUT2D eigenvalue weighted by atomic mass is 9.60. The van der Waals surface area contributed by atoms with Crippen LogP contribution >= 0.6 is 0 Å². The van der Waals surface area contributed by atoms with Crippen molar-refractivity contribution >= 4 is 19.9 Å². The van der Waals surface area contributed by atoms with Crippen LogP contribution in [-0.4, -0.2) is 35.7 Å². The molecule has 1 heterocycles. The molecule has 0 amide bonds. The number of carbonyl (C=O) groups is 2. The van der Waals surface area contributed by atoms with Gasteiger partial charge in [0.25, 0.3) is 5.88 Å². The largest absolute Gasteiger partial charge is 0.508 e. The first kappa shape index (κ1) is 26.7. The molecule has 2 aromatic carbocycles. The zero-order chi connectivity index (χ0) is 28.4. The van der Waals surface area contributed by atoms with Gasteiger partial charge in [0, 0.05) is 23.5 Å². The summed E-state index contributed by atoms with van der Waals surface area (Å²) in [6.07, 6.45) is 1.48. The van der Waals surface area contributed by atoms with Crippen molar-refractivity contribution in [3.05, 3.63) is 93.9 Å². The molecule has 40 heavy (non-hydrogen) atoms. The Labute approximate surface area is 235 Å². The van der Waals surface area contributed by atoms with Gasteiger partial charge in [-0.3, -0.25) is 9.59 Å². The second-order valence-electron chi connectivity index (χ2n) is 12.8. The van der Waals surface area contributed by atoms with Crippen molar-refractivity contribution in [2.75, 3.05) is 0 Å². The molecule has 0 spiro atoms. The SMILES string of the molecule is CC(C)(C)[Si](C)(C)OC12C(=O)c3c(OCc4ccccc4)noc3CC1C[C@@H]1Cc3ccccc3C(=O)C1=C2O. The van der Waals surface area contributed by atoms with E-state index in [9.17, 15) is 14.7 Å². The molecule has 0 aliphatic heterocycles. The van der Waals surface area contributed by atoms with Crippen LogP contribution in [0.2, 0.25) is 18.1 Å². The van der Waals surface area contributed by atoms with Gasteiger partial charge < -0.3 is 18.8 Å². The van der Waals surface area contributed by atoms with Gasteiger partial charge in [-0.25, -0.2) is 0 Å². The van der Waals surface area contributed by atoms with E-state index < -0.39 is 25.6 Å². The Hall–Kier alpha value is -3.49. The summed E-state index contributed by atoms with van der Waals surface area (Å²) in [5.41, 5.74) is 1.24. The van der Waals surface area contributed by atoms with E-state index >= 15 is 0 Å². The van der Waals surface area contributed by atoms with Gasteiger partial charge in [0.05, 0.1) is 0 Å². The molecular formula is C32H35NO6Si. The molecule has 1 aromatic heterocycles. The maximum Gasteiger partial charge on any atom is 0.265 e. The summed E-state index contributed by atoms with van der Waals surface area (Å²) in [7, 11) is -2.65. The van der Waals surface area contributed by atoms with Gasteiger partial charge in [-0.05, 0) is 53.2 Å². The Morgan fingerprint density at radius 3 is 2.48 bits per heavy atom. The molecule has 0 saturated carbocycles. The van der Waals surface area contributed by atoms with Crippen LogP contribution in [0.15, 0.2) is 70.5 Å². The standard InChI is InChI=1S/C32H35NO6Si/c1-31(2,3)40(4,5)39-32-22(16-21-15-20-13-9-10-14-23(20)27(34)25(21)28(32)35)17-24-26(29(32)36)30(33-38-24)37-18-19-11-7-6-8-12-19/h6-14,21-22,35H,15-18H2,1-5H3/t21-,22?,32?/m0/s1. The van der Waals surface area contributed by atoms with E-state index in [1.54, 1.807) is 6.07 Å². The zero-order valence-corrected chi connectivity index (χ0v) is 24.6. The van der Waals surface area contributed by atoms with E-state index in [-0.39, 0.29) is 40.5 Å². The molecule has 3 atom stereocenters. The summed E-state index contributed by atoms with van der Waals surface area (Å²) in [4.78, 5) is 28.6. The van der Waals surface area contributed by atoms with E-state index in [2.05, 4.69) is 39.0 Å². The third-order valence-electron chi connectivity index (χ3n) is 9.30. The van der Waals surface area contributed by atoms with Gasteiger partial charge in [0.2, 0.25) is 5.78 Å². The molecular weight excluding hydrogens is 522 g/mol. The molecule has 0 fully saturated rings. The number of Topliss-reactive ketones (excluding diaryl/α,β-unsaturated/α-hetero) is 2. The molecule has 8 heteroatoms. The molecule has 6 rings (SSSR count). The van der Waals surface area contributed by atoms with E-state index in [4.69, 9.17) is 13.7 Å². The number of hydrogen-bond donors (Lipinski definition) is 1. The fourth-order valence-corrected chi connectivity index (χ4v) is 7.65. The number of fused-ring (bicyclic) bond motifs is 4. The van der Waals surface area contributed by atoms with E-state index in [1.807, 2.05) is 48.5 Å². The van der Waals surface area contributed by atoms with E-state index in [0.717, 1.165) is 11.1 Å². The van der Waals surface area contributed by atoms with Gasteiger partial charge in [-0.15, -0.1) is 0 Å². The first-order chi connectivity index (χ1) is 18.9. The smallest absolute Gasteiger partial charge is 0.265 e. The van der Waals surface area contributed by atoms with Crippen LogP contribution in [0.25, 0.3) is 0 Å². The highest BCUT2D eigenvalue weighted by molar-refractivity contribution is 6.74. The molecule has 3 aliphatic carbocycles. The Morgan fingerprint density at radius 2 is 1.75 bits per heavy atom. The zero-order valence-electron chi connectivity index (χ0n) is 23.6. The third-order valence-corrected chi connectivity index (χ3v) is 13.7. The third kappa shape index (κ3) is 3.99. The maximum atomic E-state index is 14.7. The fraction of sp³-hybridized carbons (Fsp3) is 0.406. The Kier molecular flexibility index (Phi) is 6.20. The number of hydrogen-bond acceptors (Lipinski definition) is 7. The van der Waals surface area contributed by atoms with Crippen LogP contribution in [0, 0.1) is 11.8 Å². The minimum absolute atomic E-state index is 0.0840. The summed E-state index contributed by atoms with van der Waals surface area (Å²) < 4.78 is 18.7. The summed E-state index contributed by atoms with van der Waals surface area (Å²) in [5, 5.41) is 16.0. The summed E-state index contributed by atoms with van der Waals surface area (Å²) in [5.74, 6) is -1.03. The van der Waals surface area contributed by atoms with Crippen molar-refractivity contribution < 1.29 is 28.4 Å². The van der Waals surface area contributed by atoms with Crippen LogP contribution in [0.5, 0.6) is 5.88 Å². The molecule has 2 unspecified atom stereocenters. The van der Waals surface area contributed by atoms with Crippen molar-refractivity contribution in [2.24, 2.45) is 11.8 Å². The quantitative estimate of drug-likeness (QED) is 0.351. The van der Waals surface area contributed by atoms with Crippen molar-refractivity contribution in [3.63, 3.8) is 0 Å². The monoisotopic (exact) mass is 557 g/mol. The number of aliphatic hydroxyl groups excluding tert-OH is 1. The van der Waals surface area contributed by atoms with Crippen molar-refractivity contribution in [2.45, 2.75) is 70.4 Å². The highest BCUT2D eigenvalue weighted by Gasteiger charge is 2.64. The molecule has 7 nitrogen and oxygen atoms in total. The summed E-state index contributed by atoms with van der Waals surface area (Å²) >= 11 is 0. The van der Waals surface area contributed by atoms with Crippen LogP contribution in [-0.2, 0) is 23.9 Å². The van der Waals surface area contributed by atoms with Crippen molar-refractivity contribution in [3.8, 4) is 5.88 Å². The average Bonchev–Trinajstić information content (AvgIpc) is 3.31. The van der Waals surface area contributed by atoms with Crippen molar-refractivity contribution in [1.29, 1.82) is 0 Å². The molecule has 3 aromatic rings. The molecule has 208 valence electrons. The molecule has 0 saturated heterocycles. The number of allylic oxidation sites excluding steroid dienone is 1. The van der Waals surface area contributed by atoms with E-state index in [0.29, 0.717) is 36.2 Å². The fourth-order valence-electron chi connectivity index (χ4n) is 6.18. The predicted octanol–water partition coefficient (Wildman–Crippen LogP) is 6.64. The van der Waals surface area contributed by atoms with Gasteiger partial charge in [-0.2, -0.15) is 0 Å². The van der Waals surface area contributed by atoms with Gasteiger partial charge >= 0.3 is 0 Å². The summed E-state index contributed by atoms with van der Waals surface area (Å²) in [6.45, 7) is 10.6. The van der Waals surface area contributed by atoms with Gasteiger partial charge in [0.15, 0.2) is 25.5 Å². The molecule has 3 aliphatic rings. The number of benzene rings is 2. The Bertz CT molecular complexity index is 1530. The van der Waals surface area contributed by atoms with Gasteiger partial charge in [-0.1, -0.05) is 75.4 Å². The topological polar surface area (TPSA) is 98.9 Å². The lowest BCUT2D eigenvalue weighted by Gasteiger charge is -2.52. The number of rotatable bonds is 5. The maximum absolute atomic E-state index is 14.7. The number of aromatic nitrogens is 1.